The molecule has 0 spiro atoms. The SMILES string of the molecule is O=C(Nc1cc(Br)cnc1Cl)c1cnc2ccccc2n1. The summed E-state index contributed by atoms with van der Waals surface area (Å²) in [6.07, 6.45) is 2.98. The van der Waals surface area contributed by atoms with Crippen molar-refractivity contribution >= 4 is 50.2 Å². The lowest BCUT2D eigenvalue weighted by atomic mass is 10.3. The second-order valence-electron chi connectivity index (χ2n) is 4.19. The van der Waals surface area contributed by atoms with Gasteiger partial charge in [0.1, 0.15) is 5.69 Å². The molecule has 104 valence electrons. The second-order valence-corrected chi connectivity index (χ2v) is 5.46. The highest BCUT2D eigenvalue weighted by molar-refractivity contribution is 9.10. The molecule has 2 aromatic heterocycles. The zero-order chi connectivity index (χ0) is 14.8. The summed E-state index contributed by atoms with van der Waals surface area (Å²) in [4.78, 5) is 24.6. The predicted octanol–water partition coefficient (Wildman–Crippen LogP) is 3.69. The van der Waals surface area contributed by atoms with Crippen LogP contribution in [0.25, 0.3) is 11.0 Å². The summed E-state index contributed by atoms with van der Waals surface area (Å²) in [6.45, 7) is 0. The summed E-state index contributed by atoms with van der Waals surface area (Å²) in [5.41, 5.74) is 2.01. The van der Waals surface area contributed by atoms with Gasteiger partial charge < -0.3 is 5.32 Å². The van der Waals surface area contributed by atoms with E-state index in [0.29, 0.717) is 15.7 Å². The Bertz CT molecular complexity index is 840. The van der Waals surface area contributed by atoms with Gasteiger partial charge in [0.05, 0.1) is 22.9 Å². The number of hydrogen-bond donors (Lipinski definition) is 1. The van der Waals surface area contributed by atoms with Crippen LogP contribution in [0.15, 0.2) is 47.2 Å². The third-order valence-corrected chi connectivity index (χ3v) is 3.47. The standard InChI is InChI=1S/C14H8BrClN4O/c15-8-5-11(13(16)18-6-8)20-14(21)12-7-17-9-3-1-2-4-10(9)19-12/h1-7H,(H,20,21). The van der Waals surface area contributed by atoms with E-state index >= 15 is 0 Å². The average Bonchev–Trinajstić information content (AvgIpc) is 2.50. The number of rotatable bonds is 2. The van der Waals surface area contributed by atoms with Crippen LogP contribution in [0.1, 0.15) is 10.5 Å². The molecule has 0 aliphatic carbocycles. The van der Waals surface area contributed by atoms with Crippen molar-refractivity contribution in [1.29, 1.82) is 0 Å². The summed E-state index contributed by atoms with van der Waals surface area (Å²) in [7, 11) is 0. The van der Waals surface area contributed by atoms with Gasteiger partial charge in [-0.25, -0.2) is 9.97 Å². The van der Waals surface area contributed by atoms with Crippen LogP contribution in [-0.2, 0) is 0 Å². The zero-order valence-electron chi connectivity index (χ0n) is 10.5. The van der Waals surface area contributed by atoms with E-state index in [0.717, 1.165) is 5.52 Å². The third kappa shape index (κ3) is 3.01. The van der Waals surface area contributed by atoms with Crippen LogP contribution in [0.5, 0.6) is 0 Å². The normalized spacial score (nSPS) is 10.6. The summed E-state index contributed by atoms with van der Waals surface area (Å²) < 4.78 is 0.715. The number of anilines is 1. The highest BCUT2D eigenvalue weighted by Gasteiger charge is 2.12. The number of nitrogens with one attached hydrogen (secondary N) is 1. The Morgan fingerprint density at radius 1 is 1.14 bits per heavy atom. The Hall–Kier alpha value is -2.05. The van der Waals surface area contributed by atoms with Crippen molar-refractivity contribution in [3.8, 4) is 0 Å². The monoisotopic (exact) mass is 362 g/mol. The van der Waals surface area contributed by atoms with E-state index in [9.17, 15) is 4.79 Å². The molecule has 0 saturated carbocycles. The van der Waals surface area contributed by atoms with E-state index in [-0.39, 0.29) is 10.8 Å². The third-order valence-electron chi connectivity index (χ3n) is 2.74. The number of aromatic nitrogens is 3. The highest BCUT2D eigenvalue weighted by Crippen LogP contribution is 2.23. The molecule has 5 nitrogen and oxygen atoms in total. The predicted molar refractivity (Wildman–Crippen MR) is 84.4 cm³/mol. The average molecular weight is 364 g/mol. The van der Waals surface area contributed by atoms with Crippen LogP contribution < -0.4 is 5.32 Å². The van der Waals surface area contributed by atoms with E-state index < -0.39 is 5.91 Å². The second kappa shape index (κ2) is 5.75. The van der Waals surface area contributed by atoms with Crippen LogP contribution in [0.4, 0.5) is 5.69 Å². The Balaban J connectivity index is 1.91. The summed E-state index contributed by atoms with van der Waals surface area (Å²) in [5.74, 6) is -0.393. The van der Waals surface area contributed by atoms with Crippen LogP contribution in [-0.4, -0.2) is 20.9 Å². The van der Waals surface area contributed by atoms with Crippen LogP contribution in [0.3, 0.4) is 0 Å². The van der Waals surface area contributed by atoms with Gasteiger partial charge in [-0.1, -0.05) is 23.7 Å². The molecule has 0 saturated heterocycles. The van der Waals surface area contributed by atoms with Crippen LogP contribution in [0.2, 0.25) is 5.15 Å². The van der Waals surface area contributed by atoms with Gasteiger partial charge in [0.2, 0.25) is 0 Å². The van der Waals surface area contributed by atoms with Crippen molar-refractivity contribution in [2.45, 2.75) is 0 Å². The molecule has 21 heavy (non-hydrogen) atoms. The van der Waals surface area contributed by atoms with Gasteiger partial charge in [-0.2, -0.15) is 0 Å². The fourth-order valence-corrected chi connectivity index (χ4v) is 2.25. The Labute approximate surface area is 133 Å². The van der Waals surface area contributed by atoms with E-state index in [1.54, 1.807) is 18.3 Å². The summed E-state index contributed by atoms with van der Waals surface area (Å²) in [5, 5.41) is 2.87. The number of pyridine rings is 1. The van der Waals surface area contributed by atoms with Gasteiger partial charge in [0, 0.05) is 10.7 Å². The first-order valence-electron chi connectivity index (χ1n) is 5.97. The van der Waals surface area contributed by atoms with Crippen LogP contribution in [0, 0.1) is 0 Å². The summed E-state index contributed by atoms with van der Waals surface area (Å²) in [6, 6.07) is 9.01. The van der Waals surface area contributed by atoms with E-state index in [4.69, 9.17) is 11.6 Å². The molecule has 1 N–H and O–H groups in total. The molecule has 7 heteroatoms. The van der Waals surface area contributed by atoms with Crippen molar-refractivity contribution in [3.63, 3.8) is 0 Å². The molecule has 1 aromatic carbocycles. The molecule has 0 unspecified atom stereocenters. The van der Waals surface area contributed by atoms with Gasteiger partial charge >= 0.3 is 0 Å². The molecule has 0 aliphatic rings. The number of carbonyl (C=O) groups excluding carboxylic acids is 1. The lowest BCUT2D eigenvalue weighted by molar-refractivity contribution is 0.102. The van der Waals surface area contributed by atoms with Gasteiger partial charge in [-0.3, -0.25) is 9.78 Å². The minimum absolute atomic E-state index is 0.209. The fraction of sp³-hybridized carbons (Fsp3) is 0. The van der Waals surface area contributed by atoms with Gasteiger partial charge in [0.25, 0.3) is 5.91 Å². The largest absolute Gasteiger partial charge is 0.318 e. The van der Waals surface area contributed by atoms with Crippen LogP contribution >= 0.6 is 27.5 Å². The van der Waals surface area contributed by atoms with Crippen molar-refractivity contribution in [2.75, 3.05) is 5.32 Å². The molecule has 0 radical (unpaired) electrons. The number of hydrogen-bond acceptors (Lipinski definition) is 4. The first-order chi connectivity index (χ1) is 10.1. The van der Waals surface area contributed by atoms with E-state index in [2.05, 4.69) is 36.2 Å². The van der Waals surface area contributed by atoms with Crippen molar-refractivity contribution < 1.29 is 4.79 Å². The minimum atomic E-state index is -0.393. The number of carbonyl (C=O) groups is 1. The lowest BCUT2D eigenvalue weighted by Crippen LogP contribution is -2.14. The van der Waals surface area contributed by atoms with Gasteiger partial charge in [-0.15, -0.1) is 0 Å². The van der Waals surface area contributed by atoms with E-state index in [1.807, 2.05) is 18.2 Å². The van der Waals surface area contributed by atoms with Crippen molar-refractivity contribution in [2.24, 2.45) is 0 Å². The highest BCUT2D eigenvalue weighted by atomic mass is 79.9. The van der Waals surface area contributed by atoms with Crippen molar-refractivity contribution in [3.05, 3.63) is 58.0 Å². The number of halogens is 2. The molecule has 0 fully saturated rings. The number of nitrogens with zero attached hydrogens (tertiary/aromatic N) is 3. The Kier molecular flexibility index (Phi) is 3.81. The first-order valence-corrected chi connectivity index (χ1v) is 7.15. The maximum absolute atomic E-state index is 12.2. The summed E-state index contributed by atoms with van der Waals surface area (Å²) >= 11 is 9.21. The zero-order valence-corrected chi connectivity index (χ0v) is 12.9. The van der Waals surface area contributed by atoms with Gasteiger partial charge in [-0.05, 0) is 34.1 Å². The maximum atomic E-state index is 12.2. The number of fused-ring (bicyclic) bond motifs is 1. The quantitative estimate of drug-likeness (QED) is 0.705. The minimum Gasteiger partial charge on any atom is -0.318 e. The molecule has 1 amide bonds. The molecule has 3 aromatic rings. The molecular weight excluding hydrogens is 356 g/mol. The van der Waals surface area contributed by atoms with Gasteiger partial charge in [0.15, 0.2) is 5.15 Å². The Morgan fingerprint density at radius 2 is 1.90 bits per heavy atom. The Morgan fingerprint density at radius 3 is 2.71 bits per heavy atom. The van der Waals surface area contributed by atoms with Crippen molar-refractivity contribution in [1.82, 2.24) is 15.0 Å². The molecule has 3 rings (SSSR count). The van der Waals surface area contributed by atoms with E-state index in [1.165, 1.54) is 6.20 Å². The molecule has 0 bridgehead atoms. The lowest BCUT2D eigenvalue weighted by Gasteiger charge is -2.07. The fourth-order valence-electron chi connectivity index (χ4n) is 1.76. The molecule has 0 aliphatic heterocycles. The first kappa shape index (κ1) is 13.9. The number of para-hydroxylation sites is 2. The maximum Gasteiger partial charge on any atom is 0.275 e. The number of benzene rings is 1. The molecule has 0 atom stereocenters. The topological polar surface area (TPSA) is 67.8 Å². The molecular formula is C14H8BrClN4O. The number of amides is 1. The smallest absolute Gasteiger partial charge is 0.275 e. The molecule has 2 heterocycles.